The van der Waals surface area contributed by atoms with Crippen LogP contribution in [0.1, 0.15) is 12.0 Å². The predicted molar refractivity (Wildman–Crippen MR) is 58.2 cm³/mol. The number of benzene rings is 1. The van der Waals surface area contributed by atoms with Crippen LogP contribution in [0.3, 0.4) is 0 Å². The van der Waals surface area contributed by atoms with Gasteiger partial charge in [0.1, 0.15) is 5.84 Å². The first-order chi connectivity index (χ1) is 7.66. The second-order valence-electron chi connectivity index (χ2n) is 3.53. The molecule has 0 aliphatic carbocycles. The predicted octanol–water partition coefficient (Wildman–Crippen LogP) is 0.260. The maximum absolute atomic E-state index is 11.7. The van der Waals surface area contributed by atoms with Crippen LogP contribution in [0.25, 0.3) is 0 Å². The van der Waals surface area contributed by atoms with Crippen LogP contribution in [-0.4, -0.2) is 22.7 Å². The minimum atomic E-state index is -0.363. The van der Waals surface area contributed by atoms with Crippen molar-refractivity contribution in [1.82, 2.24) is 5.01 Å². The van der Waals surface area contributed by atoms with E-state index in [0.29, 0.717) is 0 Å². The molecule has 1 aromatic carbocycles. The van der Waals surface area contributed by atoms with Gasteiger partial charge >= 0.3 is 0 Å². The molecule has 2 rings (SSSR count). The maximum Gasteiger partial charge on any atom is 0.257 e. The Kier molecular flexibility index (Phi) is 2.68. The average molecular weight is 217 g/mol. The Labute approximate surface area is 92.5 Å². The number of hydrogen-bond donors (Lipinski definition) is 1. The molecule has 0 bridgehead atoms. The third-order valence-electron chi connectivity index (χ3n) is 2.23. The molecule has 0 saturated heterocycles. The Bertz CT molecular complexity index is 454. The molecule has 0 radical (unpaired) electrons. The van der Waals surface area contributed by atoms with E-state index < -0.39 is 0 Å². The Morgan fingerprint density at radius 3 is 2.62 bits per heavy atom. The Balaban J connectivity index is 2.07. The van der Waals surface area contributed by atoms with Crippen LogP contribution in [0, 0.1) is 0 Å². The summed E-state index contributed by atoms with van der Waals surface area (Å²) < 4.78 is 0. The highest BCUT2D eigenvalue weighted by Gasteiger charge is 2.27. The highest BCUT2D eigenvalue weighted by atomic mass is 16.2. The zero-order valence-corrected chi connectivity index (χ0v) is 8.59. The lowest BCUT2D eigenvalue weighted by Crippen LogP contribution is -2.29. The minimum Gasteiger partial charge on any atom is -0.385 e. The molecule has 0 atom stereocenters. The summed E-state index contributed by atoms with van der Waals surface area (Å²) in [4.78, 5) is 23.0. The van der Waals surface area contributed by atoms with E-state index in [1.54, 1.807) is 0 Å². The molecule has 0 spiro atoms. The van der Waals surface area contributed by atoms with Gasteiger partial charge in [0.25, 0.3) is 11.8 Å². The fourth-order valence-corrected chi connectivity index (χ4v) is 1.49. The molecule has 0 aromatic heterocycles. The number of carbonyl (C=O) groups excluding carboxylic acids is 2. The van der Waals surface area contributed by atoms with Crippen LogP contribution < -0.4 is 5.73 Å². The van der Waals surface area contributed by atoms with Crippen molar-refractivity contribution in [3.05, 3.63) is 35.9 Å². The van der Waals surface area contributed by atoms with Crippen molar-refractivity contribution >= 4 is 17.6 Å². The molecule has 2 amide bonds. The van der Waals surface area contributed by atoms with Crippen molar-refractivity contribution < 1.29 is 9.59 Å². The molecule has 0 fully saturated rings. The van der Waals surface area contributed by atoms with Crippen molar-refractivity contribution in [1.29, 1.82) is 0 Å². The van der Waals surface area contributed by atoms with Gasteiger partial charge in [0.05, 0.1) is 12.8 Å². The van der Waals surface area contributed by atoms with E-state index >= 15 is 0 Å². The molecule has 5 nitrogen and oxygen atoms in total. The van der Waals surface area contributed by atoms with Gasteiger partial charge in [-0.3, -0.25) is 9.59 Å². The number of nitrogens with two attached hydrogens (primary N) is 1. The minimum absolute atomic E-state index is 0.0283. The number of carbonyl (C=O) groups is 2. The average Bonchev–Trinajstić information content (AvgIpc) is 2.59. The first kappa shape index (κ1) is 10.4. The van der Waals surface area contributed by atoms with E-state index in [9.17, 15) is 9.59 Å². The molecule has 1 heterocycles. The summed E-state index contributed by atoms with van der Waals surface area (Å²) in [6.07, 6.45) is 0.184. The Hall–Kier alpha value is -2.17. The standard InChI is InChI=1S/C11H11N3O2/c12-9-7-11(16)14(13-9)10(15)6-8-4-2-1-3-5-8/h1-5H,6-7H2,(H2,12,13). The van der Waals surface area contributed by atoms with E-state index in [1.165, 1.54) is 0 Å². The van der Waals surface area contributed by atoms with Crippen LogP contribution in [0.5, 0.6) is 0 Å². The summed E-state index contributed by atoms with van der Waals surface area (Å²) >= 11 is 0. The van der Waals surface area contributed by atoms with Gasteiger partial charge in [-0.1, -0.05) is 30.3 Å². The van der Waals surface area contributed by atoms with Gasteiger partial charge in [-0.05, 0) is 5.56 Å². The Morgan fingerprint density at radius 2 is 2.06 bits per heavy atom. The van der Waals surface area contributed by atoms with Gasteiger partial charge in [-0.25, -0.2) is 0 Å². The topological polar surface area (TPSA) is 75.8 Å². The van der Waals surface area contributed by atoms with Crippen LogP contribution in [0.15, 0.2) is 35.4 Å². The number of amides is 2. The van der Waals surface area contributed by atoms with Crippen molar-refractivity contribution in [2.24, 2.45) is 10.8 Å². The van der Waals surface area contributed by atoms with Gasteiger partial charge in [0.15, 0.2) is 0 Å². The monoisotopic (exact) mass is 217 g/mol. The quantitative estimate of drug-likeness (QED) is 0.772. The van der Waals surface area contributed by atoms with E-state index in [0.717, 1.165) is 10.6 Å². The summed E-state index contributed by atoms with van der Waals surface area (Å²) in [6, 6.07) is 9.19. The van der Waals surface area contributed by atoms with Crippen LogP contribution >= 0.6 is 0 Å². The van der Waals surface area contributed by atoms with Crippen LogP contribution in [0.4, 0.5) is 0 Å². The van der Waals surface area contributed by atoms with Crippen LogP contribution in [0.2, 0.25) is 0 Å². The zero-order chi connectivity index (χ0) is 11.5. The molecule has 82 valence electrons. The van der Waals surface area contributed by atoms with Gasteiger partial charge in [-0.2, -0.15) is 5.01 Å². The van der Waals surface area contributed by atoms with E-state index in [2.05, 4.69) is 5.10 Å². The summed E-state index contributed by atoms with van der Waals surface area (Å²) in [5.74, 6) is -0.526. The lowest BCUT2D eigenvalue weighted by molar-refractivity contribution is -0.142. The number of hydrazone groups is 1. The number of rotatable bonds is 2. The number of nitrogens with zero attached hydrogens (tertiary/aromatic N) is 2. The molecule has 1 aliphatic rings. The lowest BCUT2D eigenvalue weighted by Gasteiger charge is -2.08. The molecule has 0 saturated carbocycles. The second-order valence-corrected chi connectivity index (χ2v) is 3.53. The summed E-state index contributed by atoms with van der Waals surface area (Å²) in [6.45, 7) is 0. The number of hydrogen-bond acceptors (Lipinski definition) is 4. The molecular weight excluding hydrogens is 206 g/mol. The highest BCUT2D eigenvalue weighted by Crippen LogP contribution is 2.09. The zero-order valence-electron chi connectivity index (χ0n) is 8.59. The summed E-state index contributed by atoms with van der Waals surface area (Å²) in [7, 11) is 0. The third-order valence-corrected chi connectivity index (χ3v) is 2.23. The fourth-order valence-electron chi connectivity index (χ4n) is 1.49. The van der Waals surface area contributed by atoms with Crippen molar-refractivity contribution in [3.8, 4) is 0 Å². The first-order valence-corrected chi connectivity index (χ1v) is 4.89. The van der Waals surface area contributed by atoms with Crippen molar-refractivity contribution in [2.45, 2.75) is 12.8 Å². The van der Waals surface area contributed by atoms with Gasteiger partial charge in [0, 0.05) is 0 Å². The lowest BCUT2D eigenvalue weighted by atomic mass is 10.1. The van der Waals surface area contributed by atoms with Crippen molar-refractivity contribution in [2.75, 3.05) is 0 Å². The van der Waals surface area contributed by atoms with E-state index in [4.69, 9.17) is 5.73 Å². The van der Waals surface area contributed by atoms with Crippen molar-refractivity contribution in [3.63, 3.8) is 0 Å². The molecule has 5 heteroatoms. The first-order valence-electron chi connectivity index (χ1n) is 4.89. The SMILES string of the molecule is NC1=NN(C(=O)Cc2ccccc2)C(=O)C1. The molecule has 16 heavy (non-hydrogen) atoms. The molecule has 2 N–H and O–H groups in total. The number of imide groups is 1. The van der Waals surface area contributed by atoms with Gasteiger partial charge in [-0.15, -0.1) is 5.10 Å². The summed E-state index contributed by atoms with van der Waals surface area (Å²) in [5.41, 5.74) is 6.23. The maximum atomic E-state index is 11.7. The van der Waals surface area contributed by atoms with Gasteiger partial charge < -0.3 is 5.73 Å². The molecule has 1 aromatic rings. The second kappa shape index (κ2) is 4.14. The molecule has 1 aliphatic heterocycles. The Morgan fingerprint density at radius 1 is 1.38 bits per heavy atom. The van der Waals surface area contributed by atoms with Crippen LogP contribution in [-0.2, 0) is 16.0 Å². The third kappa shape index (κ3) is 2.08. The normalized spacial score (nSPS) is 15.1. The van der Waals surface area contributed by atoms with Gasteiger partial charge in [0.2, 0.25) is 0 Å². The summed E-state index contributed by atoms with van der Waals surface area (Å²) in [5, 5.41) is 4.54. The molecular formula is C11H11N3O2. The van der Waals surface area contributed by atoms with E-state index in [-0.39, 0.29) is 30.5 Å². The van der Waals surface area contributed by atoms with E-state index in [1.807, 2.05) is 30.3 Å². The molecule has 0 unspecified atom stereocenters. The largest absolute Gasteiger partial charge is 0.385 e. The smallest absolute Gasteiger partial charge is 0.257 e. The highest BCUT2D eigenvalue weighted by molar-refractivity contribution is 6.09. The fraction of sp³-hybridized carbons (Fsp3) is 0.182. The number of amidine groups is 1.